The van der Waals surface area contributed by atoms with Gasteiger partial charge in [-0.1, -0.05) is 31.2 Å². The van der Waals surface area contributed by atoms with Crippen molar-refractivity contribution in [3.63, 3.8) is 0 Å². The minimum atomic E-state index is -0.0245. The fourth-order valence-electron chi connectivity index (χ4n) is 5.67. The summed E-state index contributed by atoms with van der Waals surface area (Å²) in [4.78, 5) is 16.3. The molecule has 2 aliphatic heterocycles. The number of aliphatic hydroxyl groups excluding tert-OH is 1. The maximum Gasteiger partial charge on any atom is 0.172 e. The number of nitrogen functional groups attached to an aromatic ring is 3. The van der Waals surface area contributed by atoms with Crippen molar-refractivity contribution in [3.05, 3.63) is 46.8 Å². The molecule has 1 aromatic carbocycles. The van der Waals surface area contributed by atoms with E-state index < -0.39 is 0 Å². The number of nitrogens with one attached hydrogen (secondary N) is 2. The molecule has 11 nitrogen and oxygen atoms in total. The minimum absolute atomic E-state index is 0.0245. The van der Waals surface area contributed by atoms with Crippen LogP contribution >= 0.6 is 11.6 Å². The Morgan fingerprint density at radius 3 is 2.62 bits per heavy atom. The number of benzene rings is 1. The number of nitrogens with two attached hydrogens (primary N) is 3. The fraction of sp³-hybridized carbons (Fsp3) is 0.519. The Bertz CT molecular complexity index is 1180. The molecule has 1 atom stereocenters. The lowest BCUT2D eigenvalue weighted by Crippen LogP contribution is -2.58. The van der Waals surface area contributed by atoms with E-state index in [4.69, 9.17) is 39.3 Å². The lowest BCUT2D eigenvalue weighted by Gasteiger charge is -2.47. The highest BCUT2D eigenvalue weighted by atomic mass is 35.5. The van der Waals surface area contributed by atoms with Crippen LogP contribution < -0.4 is 27.4 Å². The molecule has 0 bridgehead atoms. The molecular formula is C27H41ClN10O. The number of aliphatic hydroxyl groups is 1. The van der Waals surface area contributed by atoms with E-state index in [1.807, 2.05) is 12.1 Å². The molecule has 12 heteroatoms. The van der Waals surface area contributed by atoms with Crippen LogP contribution in [-0.2, 0) is 6.54 Å². The van der Waals surface area contributed by atoms with Crippen LogP contribution in [0.2, 0.25) is 5.15 Å². The van der Waals surface area contributed by atoms with Crippen molar-refractivity contribution in [3.8, 4) is 0 Å². The molecule has 2 aliphatic rings. The van der Waals surface area contributed by atoms with Gasteiger partial charge in [-0.25, -0.2) is 9.97 Å². The highest BCUT2D eigenvalue weighted by molar-refractivity contribution is 6.31. The van der Waals surface area contributed by atoms with Crippen LogP contribution in [0.1, 0.15) is 43.0 Å². The molecule has 2 saturated heterocycles. The molecule has 9 N–H and O–H groups in total. The first-order valence-corrected chi connectivity index (χ1v) is 13.9. The van der Waals surface area contributed by atoms with E-state index in [-0.39, 0.29) is 18.3 Å². The predicted octanol–water partition coefficient (Wildman–Crippen LogP) is 1.70. The molecule has 0 spiro atoms. The Morgan fingerprint density at radius 1 is 1.21 bits per heavy atom. The van der Waals surface area contributed by atoms with Crippen molar-refractivity contribution >= 4 is 40.5 Å². The van der Waals surface area contributed by atoms with E-state index in [0.29, 0.717) is 46.7 Å². The summed E-state index contributed by atoms with van der Waals surface area (Å²) in [6.07, 6.45) is 3.20. The van der Waals surface area contributed by atoms with Crippen molar-refractivity contribution in [2.24, 2.45) is 5.73 Å². The number of halogens is 1. The molecular weight excluding hydrogens is 516 g/mol. The van der Waals surface area contributed by atoms with Crippen molar-refractivity contribution in [1.29, 1.82) is 5.41 Å². The predicted molar refractivity (Wildman–Crippen MR) is 159 cm³/mol. The van der Waals surface area contributed by atoms with Gasteiger partial charge in [0.15, 0.2) is 16.8 Å². The van der Waals surface area contributed by atoms with E-state index in [2.05, 4.69) is 43.5 Å². The lowest BCUT2D eigenvalue weighted by molar-refractivity contribution is 0.0610. The number of piperidine rings is 1. The number of aromatic nitrogens is 2. The van der Waals surface area contributed by atoms with Crippen LogP contribution in [0.15, 0.2) is 24.8 Å². The molecule has 0 radical (unpaired) electrons. The Labute approximate surface area is 235 Å². The zero-order chi connectivity index (χ0) is 28.1. The van der Waals surface area contributed by atoms with Gasteiger partial charge >= 0.3 is 0 Å². The van der Waals surface area contributed by atoms with E-state index in [0.717, 1.165) is 69.7 Å². The van der Waals surface area contributed by atoms with Gasteiger partial charge in [-0.3, -0.25) is 15.2 Å². The van der Waals surface area contributed by atoms with Gasteiger partial charge in [0.2, 0.25) is 0 Å². The van der Waals surface area contributed by atoms with Crippen molar-refractivity contribution in [2.45, 2.75) is 44.8 Å². The quantitative estimate of drug-likeness (QED) is 0.144. The van der Waals surface area contributed by atoms with Crippen LogP contribution in [0.4, 0.5) is 17.3 Å². The molecule has 0 aliphatic carbocycles. The number of hydrogen-bond donors (Lipinski definition) is 6. The number of rotatable bonds is 10. The first-order valence-electron chi connectivity index (χ1n) is 13.5. The molecule has 2 aromatic rings. The highest BCUT2D eigenvalue weighted by Crippen LogP contribution is 2.31. The summed E-state index contributed by atoms with van der Waals surface area (Å²) in [6.45, 7) is 11.7. The zero-order valence-corrected chi connectivity index (χ0v) is 23.4. The van der Waals surface area contributed by atoms with Crippen LogP contribution in [0.3, 0.4) is 0 Å². The van der Waals surface area contributed by atoms with Gasteiger partial charge in [0.1, 0.15) is 11.5 Å². The lowest BCUT2D eigenvalue weighted by atomic mass is 9.97. The monoisotopic (exact) mass is 556 g/mol. The van der Waals surface area contributed by atoms with Gasteiger partial charge in [-0.05, 0) is 50.0 Å². The fourth-order valence-corrected chi connectivity index (χ4v) is 5.92. The van der Waals surface area contributed by atoms with Crippen LogP contribution in [-0.4, -0.2) is 88.7 Å². The van der Waals surface area contributed by atoms with Crippen LogP contribution in [0.25, 0.3) is 5.70 Å². The van der Waals surface area contributed by atoms with Gasteiger partial charge in [-0.15, -0.1) is 0 Å². The Balaban J connectivity index is 1.37. The third kappa shape index (κ3) is 6.73. The molecule has 2 fully saturated rings. The summed E-state index contributed by atoms with van der Waals surface area (Å²) >= 11 is 6.57. The molecule has 4 rings (SSSR count). The second kappa shape index (κ2) is 12.8. The highest BCUT2D eigenvalue weighted by Gasteiger charge is 2.34. The first kappa shape index (κ1) is 28.9. The summed E-state index contributed by atoms with van der Waals surface area (Å²) < 4.78 is 0. The second-order valence-corrected chi connectivity index (χ2v) is 10.6. The number of hydrogen-bond acceptors (Lipinski definition) is 10. The molecule has 212 valence electrons. The zero-order valence-electron chi connectivity index (χ0n) is 22.7. The first-order chi connectivity index (χ1) is 18.7. The normalized spacial score (nSPS) is 19.3. The third-order valence-corrected chi connectivity index (χ3v) is 8.00. The molecule has 39 heavy (non-hydrogen) atoms. The van der Waals surface area contributed by atoms with Gasteiger partial charge in [0.25, 0.3) is 0 Å². The standard InChI is InChI=1S/C27H41ClN10O/c1-3-20-16-37(27-24(28)34-23(26(32)35-27)17(2)33-8-13-39)11-12-38(20)21-6-9-36(10-7-21)15-18-4-5-19(29)14-22(18)25(30)31/h4-5,14,20-21,33,39H,2-3,6-13,15-16,29H2,1H3,(H3,30,31)(H2,32,35)/t20-/m0/s1. The van der Waals surface area contributed by atoms with Gasteiger partial charge in [0, 0.05) is 56.1 Å². The number of piperazine rings is 1. The van der Waals surface area contributed by atoms with E-state index in [1.165, 1.54) is 0 Å². The van der Waals surface area contributed by atoms with Gasteiger partial charge < -0.3 is 32.5 Å². The summed E-state index contributed by atoms with van der Waals surface area (Å²) in [5.41, 5.74) is 21.2. The van der Waals surface area contributed by atoms with E-state index >= 15 is 0 Å². The SMILES string of the molecule is C=C(NCCO)c1nc(Cl)c(N2CCN(C3CCN(Cc4ccc(N)cc4C(=N)N)CC3)[C@@H](CC)C2)nc1N. The van der Waals surface area contributed by atoms with Gasteiger partial charge in [-0.2, -0.15) is 0 Å². The van der Waals surface area contributed by atoms with Crippen molar-refractivity contribution in [2.75, 3.05) is 62.2 Å². The molecule has 3 heterocycles. The Kier molecular flexibility index (Phi) is 9.49. The summed E-state index contributed by atoms with van der Waals surface area (Å²) in [7, 11) is 0. The maximum atomic E-state index is 9.05. The van der Waals surface area contributed by atoms with E-state index in [9.17, 15) is 0 Å². The van der Waals surface area contributed by atoms with Crippen LogP contribution in [0, 0.1) is 5.41 Å². The number of likely N-dealkylation sites (tertiary alicyclic amines) is 1. The minimum Gasteiger partial charge on any atom is -0.399 e. The van der Waals surface area contributed by atoms with Crippen molar-refractivity contribution in [1.82, 2.24) is 25.1 Å². The Morgan fingerprint density at radius 2 is 1.95 bits per heavy atom. The average molecular weight is 557 g/mol. The third-order valence-electron chi connectivity index (χ3n) is 7.74. The molecule has 1 aromatic heterocycles. The second-order valence-electron chi connectivity index (χ2n) is 10.3. The average Bonchev–Trinajstić information content (AvgIpc) is 2.93. The van der Waals surface area contributed by atoms with Crippen LogP contribution in [0.5, 0.6) is 0 Å². The number of anilines is 3. The smallest absolute Gasteiger partial charge is 0.172 e. The van der Waals surface area contributed by atoms with Crippen molar-refractivity contribution < 1.29 is 5.11 Å². The summed E-state index contributed by atoms with van der Waals surface area (Å²) in [6, 6.07) is 6.54. The molecule has 0 amide bonds. The Hall–Kier alpha value is -3.12. The topological polar surface area (TPSA) is 170 Å². The summed E-state index contributed by atoms with van der Waals surface area (Å²) in [5.74, 6) is 0.924. The van der Waals surface area contributed by atoms with Gasteiger partial charge in [0.05, 0.1) is 12.3 Å². The molecule has 0 unspecified atom stereocenters. The summed E-state index contributed by atoms with van der Waals surface area (Å²) in [5, 5.41) is 20.2. The number of amidine groups is 1. The number of nitrogens with zero attached hydrogens (tertiary/aromatic N) is 5. The largest absolute Gasteiger partial charge is 0.399 e. The maximum absolute atomic E-state index is 9.05. The van der Waals surface area contributed by atoms with E-state index in [1.54, 1.807) is 6.07 Å². The molecule has 0 saturated carbocycles.